The van der Waals surface area contributed by atoms with E-state index in [2.05, 4.69) is 10.3 Å². The Balaban J connectivity index is 1.62. The molecule has 0 bridgehead atoms. The lowest BCUT2D eigenvalue weighted by atomic mass is 9.90. The van der Waals surface area contributed by atoms with Gasteiger partial charge in [-0.05, 0) is 51.7 Å². The zero-order chi connectivity index (χ0) is 38.2. The summed E-state index contributed by atoms with van der Waals surface area (Å²) in [4.78, 5) is 71.9. The minimum atomic E-state index is -0.742. The first-order chi connectivity index (χ1) is 24.5. The number of piperidine rings is 1. The molecule has 4 amide bonds. The van der Waals surface area contributed by atoms with Gasteiger partial charge in [-0.3, -0.25) is 14.4 Å². The summed E-state index contributed by atoms with van der Waals surface area (Å²) < 4.78 is 11.0. The van der Waals surface area contributed by atoms with E-state index in [1.165, 1.54) is 0 Å². The summed E-state index contributed by atoms with van der Waals surface area (Å²) in [5.74, 6) is 0.161. The Morgan fingerprint density at radius 1 is 0.942 bits per heavy atom. The molecular weight excluding hydrogens is 662 g/mol. The summed E-state index contributed by atoms with van der Waals surface area (Å²) in [5.41, 5.74) is -0.129. The molecule has 52 heavy (non-hydrogen) atoms. The molecule has 13 heteroatoms. The number of likely N-dealkylation sites (tertiary alicyclic amines) is 1. The van der Waals surface area contributed by atoms with Gasteiger partial charge in [-0.1, -0.05) is 52.8 Å². The largest absolute Gasteiger partial charge is 0.444 e. The Hall–Kier alpha value is -4.26. The Labute approximate surface area is 309 Å². The Bertz CT molecular complexity index is 1530. The predicted molar refractivity (Wildman–Crippen MR) is 200 cm³/mol. The van der Waals surface area contributed by atoms with Crippen molar-refractivity contribution in [1.29, 1.82) is 0 Å². The summed E-state index contributed by atoms with van der Waals surface area (Å²) >= 11 is 0. The van der Waals surface area contributed by atoms with Crippen LogP contribution in [0.25, 0.3) is 0 Å². The van der Waals surface area contributed by atoms with Crippen LogP contribution in [0.4, 0.5) is 10.6 Å². The second-order valence-corrected chi connectivity index (χ2v) is 16.3. The van der Waals surface area contributed by atoms with Crippen molar-refractivity contribution in [3.8, 4) is 0 Å². The zero-order valence-corrected chi connectivity index (χ0v) is 32.6. The van der Waals surface area contributed by atoms with E-state index in [0.29, 0.717) is 75.1 Å². The van der Waals surface area contributed by atoms with Crippen molar-refractivity contribution < 1.29 is 28.7 Å². The summed E-state index contributed by atoms with van der Waals surface area (Å²) in [6, 6.07) is 8.66. The third-order valence-electron chi connectivity index (χ3n) is 9.10. The normalized spacial score (nSPS) is 18.3. The Kier molecular flexibility index (Phi) is 13.6. The van der Waals surface area contributed by atoms with E-state index in [0.717, 1.165) is 6.42 Å². The fourth-order valence-electron chi connectivity index (χ4n) is 6.51. The molecule has 13 nitrogen and oxygen atoms in total. The van der Waals surface area contributed by atoms with Gasteiger partial charge in [-0.25, -0.2) is 14.8 Å². The van der Waals surface area contributed by atoms with Crippen LogP contribution in [0.1, 0.15) is 94.8 Å². The number of hydrogen-bond acceptors (Lipinski definition) is 9. The first kappa shape index (κ1) is 40.5. The van der Waals surface area contributed by atoms with Gasteiger partial charge < -0.3 is 34.4 Å². The summed E-state index contributed by atoms with van der Waals surface area (Å²) in [5, 5.41) is 3.35. The molecule has 2 fully saturated rings. The molecular formula is C39H59N7O6. The van der Waals surface area contributed by atoms with Crippen LogP contribution in [0.5, 0.6) is 0 Å². The zero-order valence-electron chi connectivity index (χ0n) is 32.6. The molecule has 1 N–H and O–H groups in total. The average Bonchev–Trinajstić information content (AvgIpc) is 3.10. The number of nitrogens with zero attached hydrogens (tertiary/aromatic N) is 6. The third kappa shape index (κ3) is 10.9. The maximum absolute atomic E-state index is 14.7. The highest BCUT2D eigenvalue weighted by Crippen LogP contribution is 2.29. The second kappa shape index (κ2) is 17.5. The van der Waals surface area contributed by atoms with Crippen LogP contribution in [0.2, 0.25) is 0 Å². The molecule has 0 unspecified atom stereocenters. The number of piperazine rings is 1. The van der Waals surface area contributed by atoms with Crippen molar-refractivity contribution in [2.24, 2.45) is 11.8 Å². The smallest absolute Gasteiger partial charge is 0.410 e. The first-order valence-electron chi connectivity index (χ1n) is 18.5. The van der Waals surface area contributed by atoms with E-state index in [1.54, 1.807) is 45.0 Å². The van der Waals surface area contributed by atoms with Gasteiger partial charge >= 0.3 is 6.09 Å². The van der Waals surface area contributed by atoms with Gasteiger partial charge in [-0.2, -0.15) is 0 Å². The average molecular weight is 722 g/mol. The lowest BCUT2D eigenvalue weighted by molar-refractivity contribution is -0.139. The molecule has 2 atom stereocenters. The van der Waals surface area contributed by atoms with E-state index in [-0.39, 0.29) is 42.1 Å². The quantitative estimate of drug-likeness (QED) is 0.320. The molecule has 1 aromatic carbocycles. The molecule has 1 aromatic heterocycles. The number of aromatic nitrogens is 2. The monoisotopic (exact) mass is 721 g/mol. The lowest BCUT2D eigenvalue weighted by Crippen LogP contribution is -2.59. The van der Waals surface area contributed by atoms with Gasteiger partial charge in [0.1, 0.15) is 22.8 Å². The van der Waals surface area contributed by atoms with Crippen LogP contribution in [-0.2, 0) is 19.7 Å². The maximum atomic E-state index is 14.7. The molecule has 2 aliphatic rings. The van der Waals surface area contributed by atoms with E-state index in [9.17, 15) is 19.2 Å². The van der Waals surface area contributed by atoms with Crippen LogP contribution in [-0.4, -0.2) is 131 Å². The van der Waals surface area contributed by atoms with Gasteiger partial charge in [-0.15, -0.1) is 0 Å². The topological polar surface area (TPSA) is 138 Å². The number of methoxy groups -OCH3 is 1. The predicted octanol–water partition coefficient (Wildman–Crippen LogP) is 4.93. The van der Waals surface area contributed by atoms with Gasteiger partial charge in [0.25, 0.3) is 11.8 Å². The first-order valence-corrected chi connectivity index (χ1v) is 18.5. The molecule has 2 aliphatic heterocycles. The highest BCUT2D eigenvalue weighted by atomic mass is 16.6. The molecule has 2 saturated heterocycles. The number of benzene rings is 1. The number of hydrogen-bond donors (Lipinski definition) is 1. The molecule has 2 aromatic rings. The minimum Gasteiger partial charge on any atom is -0.444 e. The molecule has 0 spiro atoms. The minimum absolute atomic E-state index is 0.0589. The second-order valence-electron chi connectivity index (χ2n) is 16.3. The van der Waals surface area contributed by atoms with Crippen molar-refractivity contribution in [2.45, 2.75) is 85.3 Å². The molecule has 4 rings (SSSR count). The van der Waals surface area contributed by atoms with Gasteiger partial charge in [0, 0.05) is 83.3 Å². The SMILES string of the molecule is COCCCNc1nc(C(C)(C)C)ncc1C(=O)N(CC(C)C)[C@H]1C[C@@H](C(=O)N2CCN(C(=O)c3ccccc3)CC2)CN(C(=O)OC(C)(C)C)C1. The van der Waals surface area contributed by atoms with Gasteiger partial charge in [0.05, 0.1) is 12.0 Å². The Morgan fingerprint density at radius 3 is 2.19 bits per heavy atom. The number of ether oxygens (including phenoxy) is 2. The molecule has 0 saturated carbocycles. The van der Waals surface area contributed by atoms with Crippen LogP contribution in [0.3, 0.4) is 0 Å². The molecule has 0 radical (unpaired) electrons. The van der Waals surface area contributed by atoms with Crippen molar-refractivity contribution in [3.63, 3.8) is 0 Å². The number of nitrogens with one attached hydrogen (secondary N) is 1. The maximum Gasteiger partial charge on any atom is 0.410 e. The summed E-state index contributed by atoms with van der Waals surface area (Å²) in [7, 11) is 1.65. The highest BCUT2D eigenvalue weighted by molar-refractivity contribution is 5.99. The van der Waals surface area contributed by atoms with E-state index in [4.69, 9.17) is 14.5 Å². The number of carbonyl (C=O) groups is 4. The molecule has 0 aliphatic carbocycles. The number of rotatable bonds is 11. The number of anilines is 1. The standard InChI is InChI=1S/C39H59N7O6/c1-27(2)24-46(35(49)31-23-41-36(38(3,4)5)42-32(31)40-16-13-21-51-9)30-22-29(25-45(26-30)37(50)52-39(6,7)8)34(48)44-19-17-43(18-20-44)33(47)28-14-11-10-12-15-28/h10-12,14-15,23,27,29-30H,13,16-22,24-26H2,1-9H3,(H,40,41,42)/t29-,30+/m1/s1. The Morgan fingerprint density at radius 2 is 1.60 bits per heavy atom. The molecule has 3 heterocycles. The van der Waals surface area contributed by atoms with Crippen molar-refractivity contribution in [1.82, 2.24) is 29.6 Å². The van der Waals surface area contributed by atoms with Crippen molar-refractivity contribution in [3.05, 3.63) is 53.5 Å². The third-order valence-corrected chi connectivity index (χ3v) is 9.10. The van der Waals surface area contributed by atoms with Crippen LogP contribution < -0.4 is 5.32 Å². The van der Waals surface area contributed by atoms with Crippen molar-refractivity contribution >= 4 is 29.6 Å². The van der Waals surface area contributed by atoms with E-state index in [1.807, 2.05) is 73.6 Å². The summed E-state index contributed by atoms with van der Waals surface area (Å²) in [6.07, 6.45) is 2.16. The van der Waals surface area contributed by atoms with E-state index >= 15 is 0 Å². The van der Waals surface area contributed by atoms with Crippen LogP contribution in [0, 0.1) is 11.8 Å². The van der Waals surface area contributed by atoms with Crippen LogP contribution >= 0.6 is 0 Å². The fraction of sp³-hybridized carbons (Fsp3) is 0.641. The van der Waals surface area contributed by atoms with Gasteiger partial charge in [0.2, 0.25) is 5.91 Å². The number of amides is 4. The van der Waals surface area contributed by atoms with E-state index < -0.39 is 23.7 Å². The fourth-order valence-corrected chi connectivity index (χ4v) is 6.51. The highest BCUT2D eigenvalue weighted by Gasteiger charge is 2.42. The van der Waals surface area contributed by atoms with Gasteiger partial charge in [0.15, 0.2) is 0 Å². The summed E-state index contributed by atoms with van der Waals surface area (Å²) in [6.45, 7) is 19.1. The number of carbonyl (C=O) groups excluding carboxylic acids is 4. The molecule has 286 valence electrons. The lowest BCUT2D eigenvalue weighted by Gasteiger charge is -2.44. The van der Waals surface area contributed by atoms with Crippen molar-refractivity contribution in [2.75, 3.05) is 71.4 Å². The van der Waals surface area contributed by atoms with Crippen LogP contribution in [0.15, 0.2) is 36.5 Å².